The number of fused-ring (bicyclic) bond motifs is 4. The van der Waals surface area contributed by atoms with Crippen LogP contribution < -0.4 is 0 Å². The van der Waals surface area contributed by atoms with Crippen LogP contribution in [0.2, 0.25) is 0 Å². The fourth-order valence-electron chi connectivity index (χ4n) is 3.77. The monoisotopic (exact) mass is 301 g/mol. The second-order valence-corrected chi connectivity index (χ2v) is 6.18. The van der Waals surface area contributed by atoms with Crippen molar-refractivity contribution in [2.24, 2.45) is 0 Å². The molecule has 0 saturated carbocycles. The van der Waals surface area contributed by atoms with Crippen molar-refractivity contribution in [3.8, 4) is 0 Å². The van der Waals surface area contributed by atoms with Crippen LogP contribution in [0.25, 0.3) is 0 Å². The van der Waals surface area contributed by atoms with E-state index in [4.69, 9.17) is 0 Å². The summed E-state index contributed by atoms with van der Waals surface area (Å²) < 4.78 is 27.0. The van der Waals surface area contributed by atoms with Gasteiger partial charge in [-0.3, -0.25) is 4.90 Å². The van der Waals surface area contributed by atoms with Crippen LogP contribution in [0.1, 0.15) is 41.5 Å². The Balaban J connectivity index is 1.65. The second kappa shape index (κ2) is 5.09. The molecule has 0 N–H and O–H groups in total. The van der Waals surface area contributed by atoms with Gasteiger partial charge in [-0.1, -0.05) is 6.07 Å². The van der Waals surface area contributed by atoms with E-state index in [2.05, 4.69) is 14.9 Å². The van der Waals surface area contributed by atoms with Crippen LogP contribution in [0.15, 0.2) is 24.4 Å². The van der Waals surface area contributed by atoms with Crippen molar-refractivity contribution < 1.29 is 8.78 Å². The van der Waals surface area contributed by atoms with Crippen molar-refractivity contribution in [2.45, 2.75) is 44.8 Å². The average Bonchev–Trinajstić information content (AvgIpc) is 2.75. The van der Waals surface area contributed by atoms with Crippen molar-refractivity contribution in [3.63, 3.8) is 0 Å². The van der Waals surface area contributed by atoms with E-state index >= 15 is 0 Å². The number of halogens is 2. The molecule has 22 heavy (non-hydrogen) atoms. The lowest BCUT2D eigenvalue weighted by molar-refractivity contribution is 0.164. The Bertz CT molecular complexity index is 732. The average molecular weight is 301 g/mol. The highest BCUT2D eigenvalue weighted by Crippen LogP contribution is 2.43. The van der Waals surface area contributed by atoms with Gasteiger partial charge in [-0.25, -0.2) is 18.7 Å². The van der Waals surface area contributed by atoms with Gasteiger partial charge >= 0.3 is 0 Å². The zero-order chi connectivity index (χ0) is 15.3. The lowest BCUT2D eigenvalue weighted by Crippen LogP contribution is -2.37. The fourth-order valence-corrected chi connectivity index (χ4v) is 3.77. The van der Waals surface area contributed by atoms with Gasteiger partial charge in [0.05, 0.1) is 5.69 Å². The molecular formula is C17H17F2N3. The SMILES string of the molecule is Cc1ncc2c(n1)CC1CCC2N1Cc1ccc(F)cc1F. The second-order valence-electron chi connectivity index (χ2n) is 6.18. The molecule has 0 amide bonds. The van der Waals surface area contributed by atoms with Gasteiger partial charge in [-0.05, 0) is 25.8 Å². The van der Waals surface area contributed by atoms with Gasteiger partial charge in [-0.2, -0.15) is 0 Å². The molecule has 1 fully saturated rings. The summed E-state index contributed by atoms with van der Waals surface area (Å²) in [6.45, 7) is 2.41. The standard InChI is InChI=1S/C17H17F2N3/c1-10-20-8-14-16(21-10)7-13-4-5-17(14)22(13)9-11-2-3-12(18)6-15(11)19/h2-3,6,8,13,17H,4-5,7,9H2,1H3. The lowest BCUT2D eigenvalue weighted by atomic mass is 9.98. The molecule has 1 aromatic heterocycles. The number of nitrogens with zero attached hydrogens (tertiary/aromatic N) is 3. The van der Waals surface area contributed by atoms with E-state index in [1.165, 1.54) is 11.6 Å². The third-order valence-corrected chi connectivity index (χ3v) is 4.82. The van der Waals surface area contributed by atoms with Crippen LogP contribution in [0.5, 0.6) is 0 Å². The van der Waals surface area contributed by atoms with Gasteiger partial charge in [0, 0.05) is 48.4 Å². The number of aromatic nitrogens is 2. The third-order valence-electron chi connectivity index (χ3n) is 4.82. The molecule has 2 unspecified atom stereocenters. The molecular weight excluding hydrogens is 284 g/mol. The molecule has 0 radical (unpaired) electrons. The van der Waals surface area contributed by atoms with E-state index in [9.17, 15) is 8.78 Å². The Kier molecular flexibility index (Phi) is 3.18. The van der Waals surface area contributed by atoms with E-state index in [0.717, 1.165) is 36.8 Å². The van der Waals surface area contributed by atoms with Gasteiger partial charge in [0.1, 0.15) is 17.5 Å². The summed E-state index contributed by atoms with van der Waals surface area (Å²) in [5, 5.41) is 0. The molecule has 0 aliphatic carbocycles. The number of benzene rings is 1. The minimum absolute atomic E-state index is 0.249. The number of hydrogen-bond acceptors (Lipinski definition) is 3. The van der Waals surface area contributed by atoms with Crippen LogP contribution in [0.3, 0.4) is 0 Å². The third kappa shape index (κ3) is 2.20. The van der Waals surface area contributed by atoms with Crippen molar-refractivity contribution in [1.29, 1.82) is 0 Å². The van der Waals surface area contributed by atoms with E-state index < -0.39 is 11.6 Å². The lowest BCUT2D eigenvalue weighted by Gasteiger charge is -2.35. The molecule has 3 heterocycles. The molecule has 2 aromatic rings. The largest absolute Gasteiger partial charge is 0.289 e. The number of hydrogen-bond donors (Lipinski definition) is 0. The number of rotatable bonds is 2. The molecule has 0 spiro atoms. The molecule has 114 valence electrons. The minimum Gasteiger partial charge on any atom is -0.289 e. The summed E-state index contributed by atoms with van der Waals surface area (Å²) >= 11 is 0. The molecule has 1 aromatic carbocycles. The Morgan fingerprint density at radius 1 is 1.27 bits per heavy atom. The topological polar surface area (TPSA) is 29.0 Å². The zero-order valence-electron chi connectivity index (χ0n) is 12.4. The first-order chi connectivity index (χ1) is 10.6. The summed E-state index contributed by atoms with van der Waals surface area (Å²) in [5.41, 5.74) is 2.85. The Morgan fingerprint density at radius 2 is 2.14 bits per heavy atom. The van der Waals surface area contributed by atoms with E-state index in [-0.39, 0.29) is 6.04 Å². The zero-order valence-corrected chi connectivity index (χ0v) is 12.4. The molecule has 4 rings (SSSR count). The summed E-state index contributed by atoms with van der Waals surface area (Å²) in [6, 6.07) is 4.47. The van der Waals surface area contributed by atoms with Gasteiger partial charge in [0.15, 0.2) is 0 Å². The first-order valence-electron chi connectivity index (χ1n) is 7.64. The van der Waals surface area contributed by atoms with Crippen molar-refractivity contribution in [1.82, 2.24) is 14.9 Å². The quantitative estimate of drug-likeness (QED) is 0.852. The predicted octanol–water partition coefficient (Wildman–Crippen LogP) is 3.33. The molecule has 1 saturated heterocycles. The Hall–Kier alpha value is -1.88. The summed E-state index contributed by atoms with van der Waals surface area (Å²) in [5.74, 6) is -0.196. The highest BCUT2D eigenvalue weighted by molar-refractivity contribution is 5.29. The summed E-state index contributed by atoms with van der Waals surface area (Å²) in [6.07, 6.45) is 4.94. The molecule has 2 aliphatic rings. The molecule has 2 atom stereocenters. The molecule has 3 nitrogen and oxygen atoms in total. The maximum Gasteiger partial charge on any atom is 0.130 e. The van der Waals surface area contributed by atoms with Gasteiger partial charge in [0.25, 0.3) is 0 Å². The first kappa shape index (κ1) is 13.8. The maximum absolute atomic E-state index is 13.9. The minimum atomic E-state index is -0.530. The highest BCUT2D eigenvalue weighted by Gasteiger charge is 2.40. The summed E-state index contributed by atoms with van der Waals surface area (Å²) in [4.78, 5) is 11.2. The smallest absolute Gasteiger partial charge is 0.130 e. The maximum atomic E-state index is 13.9. The van der Waals surface area contributed by atoms with Crippen LogP contribution in [-0.2, 0) is 13.0 Å². The molecule has 2 bridgehead atoms. The Labute approximate surface area is 128 Å². The van der Waals surface area contributed by atoms with Crippen LogP contribution in [0, 0.1) is 18.6 Å². The van der Waals surface area contributed by atoms with Crippen molar-refractivity contribution >= 4 is 0 Å². The first-order valence-corrected chi connectivity index (χ1v) is 7.64. The van der Waals surface area contributed by atoms with Gasteiger partial charge in [0.2, 0.25) is 0 Å². The van der Waals surface area contributed by atoms with Gasteiger partial charge in [-0.15, -0.1) is 0 Å². The van der Waals surface area contributed by atoms with Crippen LogP contribution >= 0.6 is 0 Å². The highest BCUT2D eigenvalue weighted by atomic mass is 19.1. The Morgan fingerprint density at radius 3 is 2.95 bits per heavy atom. The van der Waals surface area contributed by atoms with Crippen LogP contribution in [-0.4, -0.2) is 20.9 Å². The van der Waals surface area contributed by atoms with Gasteiger partial charge < -0.3 is 0 Å². The molecule has 5 heteroatoms. The van der Waals surface area contributed by atoms with Crippen molar-refractivity contribution in [2.75, 3.05) is 0 Å². The molecule has 2 aliphatic heterocycles. The number of aryl methyl sites for hydroxylation is 1. The van der Waals surface area contributed by atoms with E-state index in [1.807, 2.05) is 13.1 Å². The van der Waals surface area contributed by atoms with Crippen LogP contribution in [0.4, 0.5) is 8.78 Å². The fraction of sp³-hybridized carbons (Fsp3) is 0.412. The van der Waals surface area contributed by atoms with Crippen molar-refractivity contribution in [3.05, 3.63) is 58.7 Å². The summed E-state index contributed by atoms with van der Waals surface area (Å²) in [7, 11) is 0. The van der Waals surface area contributed by atoms with E-state index in [1.54, 1.807) is 6.07 Å². The normalized spacial score (nSPS) is 23.6. The predicted molar refractivity (Wildman–Crippen MR) is 78.1 cm³/mol. The van der Waals surface area contributed by atoms with E-state index in [0.29, 0.717) is 18.2 Å².